The molecule has 0 saturated heterocycles. The number of aliphatic hydroxyl groups excluding tert-OH is 1. The average Bonchev–Trinajstić information content (AvgIpc) is 2.37. The standard InChI is InChI=1S/C17H19FO/c1-12-3-4-15(9-13(12)2)11-17(19)10-14-5-7-16(18)8-6-14/h3-9,17,19H,10-11H2,1-2H3. The second-order valence-corrected chi connectivity index (χ2v) is 5.11. The molecule has 0 fully saturated rings. The first-order chi connectivity index (χ1) is 9.04. The molecule has 0 spiro atoms. The van der Waals surface area contributed by atoms with Crippen LogP contribution in [0.3, 0.4) is 0 Å². The van der Waals surface area contributed by atoms with Crippen LogP contribution in [0.25, 0.3) is 0 Å². The third-order valence-corrected chi connectivity index (χ3v) is 3.43. The van der Waals surface area contributed by atoms with E-state index in [0.717, 1.165) is 11.1 Å². The second kappa shape index (κ2) is 5.98. The Bertz CT molecular complexity index is 546. The summed E-state index contributed by atoms with van der Waals surface area (Å²) in [6.45, 7) is 4.15. The molecular formula is C17H19FO. The molecule has 1 nitrogen and oxygen atoms in total. The predicted octanol–water partition coefficient (Wildman–Crippen LogP) is 3.59. The molecule has 1 N–H and O–H groups in total. The smallest absolute Gasteiger partial charge is 0.123 e. The molecule has 0 heterocycles. The molecule has 0 aliphatic carbocycles. The Kier molecular flexibility index (Phi) is 4.33. The van der Waals surface area contributed by atoms with Crippen LogP contribution in [0, 0.1) is 19.7 Å². The average molecular weight is 258 g/mol. The minimum absolute atomic E-state index is 0.243. The van der Waals surface area contributed by atoms with Crippen molar-refractivity contribution < 1.29 is 9.50 Å². The third kappa shape index (κ3) is 3.90. The maximum atomic E-state index is 12.8. The van der Waals surface area contributed by atoms with E-state index in [9.17, 15) is 9.50 Å². The molecule has 0 aliphatic rings. The van der Waals surface area contributed by atoms with Crippen LogP contribution >= 0.6 is 0 Å². The lowest BCUT2D eigenvalue weighted by atomic mass is 9.98. The van der Waals surface area contributed by atoms with E-state index in [1.54, 1.807) is 12.1 Å². The number of halogens is 1. The topological polar surface area (TPSA) is 20.2 Å². The molecule has 0 aliphatic heterocycles. The van der Waals surface area contributed by atoms with E-state index < -0.39 is 6.10 Å². The van der Waals surface area contributed by atoms with Crippen molar-refractivity contribution in [3.8, 4) is 0 Å². The molecule has 2 rings (SSSR count). The first kappa shape index (κ1) is 13.8. The van der Waals surface area contributed by atoms with Gasteiger partial charge in [-0.15, -0.1) is 0 Å². The van der Waals surface area contributed by atoms with Gasteiger partial charge in [0.1, 0.15) is 5.82 Å². The van der Waals surface area contributed by atoms with Gasteiger partial charge in [0.25, 0.3) is 0 Å². The van der Waals surface area contributed by atoms with Gasteiger partial charge in [0.05, 0.1) is 6.10 Å². The molecule has 0 radical (unpaired) electrons. The summed E-state index contributed by atoms with van der Waals surface area (Å²) in [5, 5.41) is 10.1. The molecule has 2 heteroatoms. The van der Waals surface area contributed by atoms with Gasteiger partial charge in [-0.2, -0.15) is 0 Å². The Hall–Kier alpha value is -1.67. The fraction of sp³-hybridized carbons (Fsp3) is 0.294. The Morgan fingerprint density at radius 2 is 1.47 bits per heavy atom. The first-order valence-corrected chi connectivity index (χ1v) is 6.53. The van der Waals surface area contributed by atoms with Crippen LogP contribution in [0.4, 0.5) is 4.39 Å². The number of aryl methyl sites for hydroxylation is 2. The van der Waals surface area contributed by atoms with Gasteiger partial charge in [-0.25, -0.2) is 4.39 Å². The zero-order valence-corrected chi connectivity index (χ0v) is 11.4. The molecule has 2 aromatic rings. The highest BCUT2D eigenvalue weighted by Gasteiger charge is 2.08. The summed E-state index contributed by atoms with van der Waals surface area (Å²) in [5.41, 5.74) is 4.60. The van der Waals surface area contributed by atoms with E-state index in [0.29, 0.717) is 12.8 Å². The summed E-state index contributed by atoms with van der Waals surface area (Å²) in [6.07, 6.45) is 0.735. The van der Waals surface area contributed by atoms with Crippen molar-refractivity contribution in [1.29, 1.82) is 0 Å². The Morgan fingerprint density at radius 3 is 2.11 bits per heavy atom. The van der Waals surface area contributed by atoms with Crippen molar-refractivity contribution in [3.05, 3.63) is 70.5 Å². The normalized spacial score (nSPS) is 12.4. The number of benzene rings is 2. The highest BCUT2D eigenvalue weighted by molar-refractivity contribution is 5.30. The molecule has 19 heavy (non-hydrogen) atoms. The SMILES string of the molecule is Cc1ccc(CC(O)Cc2ccc(F)cc2)cc1C. The second-order valence-electron chi connectivity index (χ2n) is 5.11. The van der Waals surface area contributed by atoms with E-state index in [4.69, 9.17) is 0 Å². The molecule has 0 saturated carbocycles. The van der Waals surface area contributed by atoms with Crippen molar-refractivity contribution in [2.45, 2.75) is 32.8 Å². The minimum atomic E-state index is -0.437. The summed E-state index contributed by atoms with van der Waals surface area (Å²) < 4.78 is 12.8. The van der Waals surface area contributed by atoms with Crippen LogP contribution in [0.2, 0.25) is 0 Å². The molecular weight excluding hydrogens is 239 g/mol. The monoisotopic (exact) mass is 258 g/mol. The lowest BCUT2D eigenvalue weighted by Crippen LogP contribution is -2.14. The molecule has 0 bridgehead atoms. The number of hydrogen-bond acceptors (Lipinski definition) is 1. The van der Waals surface area contributed by atoms with E-state index in [2.05, 4.69) is 32.0 Å². The zero-order chi connectivity index (χ0) is 13.8. The van der Waals surface area contributed by atoms with E-state index in [1.165, 1.54) is 23.3 Å². The fourth-order valence-corrected chi connectivity index (χ4v) is 2.17. The number of aliphatic hydroxyl groups is 1. The van der Waals surface area contributed by atoms with E-state index >= 15 is 0 Å². The highest BCUT2D eigenvalue weighted by atomic mass is 19.1. The van der Waals surface area contributed by atoms with Gasteiger partial charge in [0.15, 0.2) is 0 Å². The van der Waals surface area contributed by atoms with Crippen molar-refractivity contribution >= 4 is 0 Å². The van der Waals surface area contributed by atoms with Crippen LogP contribution in [0.1, 0.15) is 22.3 Å². The lowest BCUT2D eigenvalue weighted by molar-refractivity contribution is 0.175. The van der Waals surface area contributed by atoms with Gasteiger partial charge in [-0.05, 0) is 61.1 Å². The predicted molar refractivity (Wildman–Crippen MR) is 75.7 cm³/mol. The van der Waals surface area contributed by atoms with Gasteiger partial charge in [0.2, 0.25) is 0 Å². The molecule has 0 amide bonds. The highest BCUT2D eigenvalue weighted by Crippen LogP contribution is 2.14. The Balaban J connectivity index is 1.98. The van der Waals surface area contributed by atoms with E-state index in [1.807, 2.05) is 0 Å². The third-order valence-electron chi connectivity index (χ3n) is 3.43. The Morgan fingerprint density at radius 1 is 0.895 bits per heavy atom. The zero-order valence-electron chi connectivity index (χ0n) is 11.4. The largest absolute Gasteiger partial charge is 0.392 e. The van der Waals surface area contributed by atoms with Crippen molar-refractivity contribution in [2.75, 3.05) is 0 Å². The summed E-state index contributed by atoms with van der Waals surface area (Å²) >= 11 is 0. The minimum Gasteiger partial charge on any atom is -0.392 e. The summed E-state index contributed by atoms with van der Waals surface area (Å²) in [5.74, 6) is -0.243. The fourth-order valence-electron chi connectivity index (χ4n) is 2.17. The number of rotatable bonds is 4. The van der Waals surface area contributed by atoms with Gasteiger partial charge < -0.3 is 5.11 Å². The van der Waals surface area contributed by atoms with Crippen LogP contribution in [0.5, 0.6) is 0 Å². The van der Waals surface area contributed by atoms with Gasteiger partial charge in [-0.1, -0.05) is 30.3 Å². The van der Waals surface area contributed by atoms with Crippen LogP contribution in [-0.2, 0) is 12.8 Å². The van der Waals surface area contributed by atoms with Crippen molar-refractivity contribution in [3.63, 3.8) is 0 Å². The van der Waals surface area contributed by atoms with Crippen LogP contribution in [0.15, 0.2) is 42.5 Å². The number of hydrogen-bond donors (Lipinski definition) is 1. The van der Waals surface area contributed by atoms with Crippen LogP contribution in [-0.4, -0.2) is 11.2 Å². The lowest BCUT2D eigenvalue weighted by Gasteiger charge is -2.12. The molecule has 1 atom stereocenters. The van der Waals surface area contributed by atoms with Crippen LogP contribution < -0.4 is 0 Å². The first-order valence-electron chi connectivity index (χ1n) is 6.53. The van der Waals surface area contributed by atoms with Crippen molar-refractivity contribution in [1.82, 2.24) is 0 Å². The van der Waals surface area contributed by atoms with Gasteiger partial charge in [0, 0.05) is 0 Å². The molecule has 2 aromatic carbocycles. The summed E-state index contributed by atoms with van der Waals surface area (Å²) in [6, 6.07) is 12.5. The Labute approximate surface area is 113 Å². The molecule has 0 aromatic heterocycles. The summed E-state index contributed by atoms with van der Waals surface area (Å²) in [7, 11) is 0. The molecule has 1 unspecified atom stereocenters. The van der Waals surface area contributed by atoms with E-state index in [-0.39, 0.29) is 5.82 Å². The van der Waals surface area contributed by atoms with Gasteiger partial charge >= 0.3 is 0 Å². The van der Waals surface area contributed by atoms with Gasteiger partial charge in [-0.3, -0.25) is 0 Å². The summed E-state index contributed by atoms with van der Waals surface area (Å²) in [4.78, 5) is 0. The maximum absolute atomic E-state index is 12.8. The molecule has 100 valence electrons. The maximum Gasteiger partial charge on any atom is 0.123 e. The van der Waals surface area contributed by atoms with Crippen molar-refractivity contribution in [2.24, 2.45) is 0 Å². The quantitative estimate of drug-likeness (QED) is 0.888.